The van der Waals surface area contributed by atoms with Gasteiger partial charge in [0.15, 0.2) is 0 Å². The van der Waals surface area contributed by atoms with Crippen molar-refractivity contribution in [1.29, 1.82) is 0 Å². The molecule has 110 valence electrons. The summed E-state index contributed by atoms with van der Waals surface area (Å²) in [7, 11) is -2.43. The number of anilines is 1. The average Bonchev–Trinajstić information content (AvgIpc) is 2.81. The molecule has 0 atom stereocenters. The maximum atomic E-state index is 13.3. The maximum absolute atomic E-state index is 13.3. The van der Waals surface area contributed by atoms with Crippen molar-refractivity contribution in [3.8, 4) is 11.8 Å². The SMILES string of the molecule is Cn1ncnc1NS(=O)(=O)c1ccc(F)cc1C#CCN. The molecule has 0 aliphatic rings. The summed E-state index contributed by atoms with van der Waals surface area (Å²) in [5.74, 6) is 4.49. The van der Waals surface area contributed by atoms with Crippen molar-refractivity contribution in [2.45, 2.75) is 4.90 Å². The highest BCUT2D eigenvalue weighted by atomic mass is 32.2. The first-order chi connectivity index (χ1) is 9.94. The number of nitrogens with two attached hydrogens (primary N) is 1. The summed E-state index contributed by atoms with van der Waals surface area (Å²) in [6.45, 7) is 0.0344. The Morgan fingerprint density at radius 1 is 1.48 bits per heavy atom. The molecule has 21 heavy (non-hydrogen) atoms. The second-order valence-corrected chi connectivity index (χ2v) is 5.61. The van der Waals surface area contributed by atoms with Crippen LogP contribution in [0.15, 0.2) is 29.4 Å². The second kappa shape index (κ2) is 5.90. The molecule has 9 heteroatoms. The Bertz CT molecular complexity index is 820. The number of nitrogens with one attached hydrogen (secondary N) is 1. The summed E-state index contributed by atoms with van der Waals surface area (Å²) in [5, 5.41) is 3.75. The third-order valence-electron chi connectivity index (χ3n) is 2.49. The van der Waals surface area contributed by atoms with Crippen molar-refractivity contribution in [3.63, 3.8) is 0 Å². The van der Waals surface area contributed by atoms with Crippen molar-refractivity contribution < 1.29 is 12.8 Å². The number of aromatic nitrogens is 3. The first kappa shape index (κ1) is 15.0. The highest BCUT2D eigenvalue weighted by Gasteiger charge is 2.20. The molecule has 1 aromatic heterocycles. The number of rotatable bonds is 3. The van der Waals surface area contributed by atoms with Crippen LogP contribution < -0.4 is 10.5 Å². The summed E-state index contributed by atoms with van der Waals surface area (Å²) < 4.78 is 41.4. The Labute approximate surface area is 121 Å². The molecule has 0 saturated heterocycles. The zero-order valence-corrected chi connectivity index (χ0v) is 11.9. The predicted octanol–water partition coefficient (Wildman–Crippen LogP) is 0.0652. The molecule has 0 saturated carbocycles. The monoisotopic (exact) mass is 309 g/mol. The van der Waals surface area contributed by atoms with E-state index in [4.69, 9.17) is 5.73 Å². The quantitative estimate of drug-likeness (QED) is 0.781. The topological polar surface area (TPSA) is 103 Å². The zero-order valence-electron chi connectivity index (χ0n) is 11.0. The van der Waals surface area contributed by atoms with Gasteiger partial charge < -0.3 is 5.73 Å². The van der Waals surface area contributed by atoms with Crippen LogP contribution in [0.5, 0.6) is 0 Å². The molecule has 0 radical (unpaired) electrons. The van der Waals surface area contributed by atoms with E-state index in [1.54, 1.807) is 0 Å². The number of nitrogens with zero attached hydrogens (tertiary/aromatic N) is 3. The number of sulfonamides is 1. The van der Waals surface area contributed by atoms with E-state index in [0.717, 1.165) is 18.2 Å². The van der Waals surface area contributed by atoms with Crippen LogP contribution in [0.2, 0.25) is 0 Å². The summed E-state index contributed by atoms with van der Waals surface area (Å²) in [5.41, 5.74) is 5.27. The second-order valence-electron chi connectivity index (χ2n) is 3.96. The van der Waals surface area contributed by atoms with Gasteiger partial charge in [0.05, 0.1) is 6.54 Å². The van der Waals surface area contributed by atoms with Gasteiger partial charge in [0.25, 0.3) is 10.0 Å². The fourth-order valence-electron chi connectivity index (χ4n) is 1.54. The van der Waals surface area contributed by atoms with E-state index < -0.39 is 15.8 Å². The van der Waals surface area contributed by atoms with Gasteiger partial charge >= 0.3 is 0 Å². The third kappa shape index (κ3) is 3.36. The van der Waals surface area contributed by atoms with Crippen LogP contribution in [0.3, 0.4) is 0 Å². The highest BCUT2D eigenvalue weighted by molar-refractivity contribution is 7.92. The Morgan fingerprint density at radius 3 is 2.86 bits per heavy atom. The van der Waals surface area contributed by atoms with Crippen LogP contribution in [-0.2, 0) is 17.1 Å². The Morgan fingerprint density at radius 2 is 2.24 bits per heavy atom. The molecular formula is C12H12FN5O2S. The van der Waals surface area contributed by atoms with Crippen molar-refractivity contribution >= 4 is 16.0 Å². The van der Waals surface area contributed by atoms with E-state index in [1.165, 1.54) is 18.1 Å². The van der Waals surface area contributed by atoms with Crippen molar-refractivity contribution in [1.82, 2.24) is 14.8 Å². The minimum atomic E-state index is -3.97. The van der Waals surface area contributed by atoms with Gasteiger partial charge in [-0.1, -0.05) is 11.8 Å². The van der Waals surface area contributed by atoms with Crippen molar-refractivity contribution in [2.24, 2.45) is 12.8 Å². The van der Waals surface area contributed by atoms with E-state index in [0.29, 0.717) is 0 Å². The number of aryl methyl sites for hydroxylation is 1. The Hall–Kier alpha value is -2.44. The Kier molecular flexibility index (Phi) is 4.21. The lowest BCUT2D eigenvalue weighted by molar-refractivity contribution is 0.598. The van der Waals surface area contributed by atoms with E-state index >= 15 is 0 Å². The van der Waals surface area contributed by atoms with Crippen LogP contribution >= 0.6 is 0 Å². The van der Waals surface area contributed by atoms with Gasteiger partial charge in [-0.25, -0.2) is 22.2 Å². The van der Waals surface area contributed by atoms with Crippen LogP contribution in [0.4, 0.5) is 10.3 Å². The standard InChI is InChI=1S/C12H12FN5O2S/c1-18-12(15-8-16-18)17-21(19,20)11-5-4-10(13)7-9(11)3-2-6-14/h4-5,7-8H,6,14H2,1H3,(H,15,16,17). The molecule has 2 rings (SSSR count). The molecule has 0 fully saturated rings. The lowest BCUT2D eigenvalue weighted by atomic mass is 10.2. The van der Waals surface area contributed by atoms with Crippen LogP contribution in [-0.4, -0.2) is 29.7 Å². The molecule has 0 unspecified atom stereocenters. The maximum Gasteiger partial charge on any atom is 0.265 e. The number of benzene rings is 1. The van der Waals surface area contributed by atoms with E-state index in [9.17, 15) is 12.8 Å². The summed E-state index contributed by atoms with van der Waals surface area (Å²) in [6, 6.07) is 3.21. The van der Waals surface area contributed by atoms with Gasteiger partial charge in [0.2, 0.25) is 5.95 Å². The molecule has 0 amide bonds. The first-order valence-corrected chi connectivity index (χ1v) is 7.27. The number of halogens is 1. The van der Waals surface area contributed by atoms with Crippen molar-refractivity contribution in [3.05, 3.63) is 35.9 Å². The Balaban J connectivity index is 2.47. The first-order valence-electron chi connectivity index (χ1n) is 5.79. The molecule has 2 aromatic rings. The molecule has 0 aliphatic heterocycles. The summed E-state index contributed by atoms with van der Waals surface area (Å²) in [6.07, 6.45) is 1.21. The summed E-state index contributed by atoms with van der Waals surface area (Å²) >= 11 is 0. The number of hydrogen-bond acceptors (Lipinski definition) is 5. The van der Waals surface area contributed by atoms with Gasteiger partial charge in [-0.3, -0.25) is 0 Å². The zero-order chi connectivity index (χ0) is 15.5. The van der Waals surface area contributed by atoms with Gasteiger partial charge in [0.1, 0.15) is 17.0 Å². The normalized spacial score (nSPS) is 10.8. The van der Waals surface area contributed by atoms with Gasteiger partial charge in [-0.15, -0.1) is 0 Å². The number of hydrogen-bond donors (Lipinski definition) is 2. The fourth-order valence-corrected chi connectivity index (χ4v) is 2.73. The molecule has 0 aliphatic carbocycles. The van der Waals surface area contributed by atoms with Gasteiger partial charge in [-0.2, -0.15) is 10.1 Å². The fraction of sp³-hybridized carbons (Fsp3) is 0.167. The lowest BCUT2D eigenvalue weighted by Crippen LogP contribution is -2.17. The van der Waals surface area contributed by atoms with Crippen LogP contribution in [0.1, 0.15) is 5.56 Å². The third-order valence-corrected chi connectivity index (χ3v) is 3.88. The molecular weight excluding hydrogens is 297 g/mol. The van der Waals surface area contributed by atoms with Gasteiger partial charge in [-0.05, 0) is 18.2 Å². The van der Waals surface area contributed by atoms with Crippen LogP contribution in [0, 0.1) is 17.7 Å². The minimum absolute atomic E-state index is 0.0233. The average molecular weight is 309 g/mol. The smallest absolute Gasteiger partial charge is 0.265 e. The molecule has 1 aromatic carbocycles. The molecule has 0 bridgehead atoms. The van der Waals surface area contributed by atoms with E-state index in [1.807, 2.05) is 0 Å². The van der Waals surface area contributed by atoms with Crippen molar-refractivity contribution in [2.75, 3.05) is 11.3 Å². The highest BCUT2D eigenvalue weighted by Crippen LogP contribution is 2.19. The molecule has 7 nitrogen and oxygen atoms in total. The van der Waals surface area contributed by atoms with Crippen LogP contribution in [0.25, 0.3) is 0 Å². The predicted molar refractivity (Wildman–Crippen MR) is 74.1 cm³/mol. The molecule has 0 spiro atoms. The van der Waals surface area contributed by atoms with Gasteiger partial charge in [0, 0.05) is 12.6 Å². The largest absolute Gasteiger partial charge is 0.320 e. The lowest BCUT2D eigenvalue weighted by Gasteiger charge is -2.08. The van der Waals surface area contributed by atoms with E-state index in [-0.39, 0.29) is 23.0 Å². The van der Waals surface area contributed by atoms with E-state index in [2.05, 4.69) is 26.6 Å². The molecule has 3 N–H and O–H groups in total. The summed E-state index contributed by atoms with van der Waals surface area (Å²) in [4.78, 5) is 3.61. The minimum Gasteiger partial charge on any atom is -0.320 e. The molecule has 1 heterocycles.